The first-order valence-corrected chi connectivity index (χ1v) is 7.61. The topological polar surface area (TPSA) is 29.1 Å². The van der Waals surface area contributed by atoms with Gasteiger partial charge in [-0.1, -0.05) is 30.7 Å². The van der Waals surface area contributed by atoms with Crippen LogP contribution in [0.2, 0.25) is 5.02 Å². The lowest BCUT2D eigenvalue weighted by atomic mass is 9.99. The molecule has 19 heavy (non-hydrogen) atoms. The van der Waals surface area contributed by atoms with Gasteiger partial charge in [-0.2, -0.15) is 0 Å². The van der Waals surface area contributed by atoms with Crippen molar-refractivity contribution < 1.29 is 4.79 Å². The van der Waals surface area contributed by atoms with Gasteiger partial charge in [-0.15, -0.1) is 0 Å². The molecule has 0 aromatic heterocycles. The number of fused-ring (bicyclic) bond motifs is 1. The zero-order chi connectivity index (χ0) is 13.4. The molecule has 1 amide bonds. The molecule has 0 radical (unpaired) electrons. The average Bonchev–Trinajstić information content (AvgIpc) is 3.02. The first-order valence-electron chi connectivity index (χ1n) is 7.23. The fourth-order valence-electron chi connectivity index (χ4n) is 3.36. The van der Waals surface area contributed by atoms with Crippen molar-refractivity contribution in [3.05, 3.63) is 34.9 Å². The predicted octanol–water partition coefficient (Wildman–Crippen LogP) is 3.95. The first-order chi connectivity index (χ1) is 9.17. The molecule has 0 aliphatic heterocycles. The molecule has 0 bridgehead atoms. The molecule has 0 spiro atoms. The van der Waals surface area contributed by atoms with Crippen molar-refractivity contribution in [1.29, 1.82) is 0 Å². The Balaban J connectivity index is 1.64. The Labute approximate surface area is 119 Å². The molecule has 3 rings (SSSR count). The normalized spacial score (nSPS) is 29.7. The first kappa shape index (κ1) is 13.0. The van der Waals surface area contributed by atoms with E-state index in [9.17, 15) is 4.79 Å². The molecule has 2 nitrogen and oxygen atoms in total. The number of rotatable bonds is 4. The number of hydrogen-bond donors (Lipinski definition) is 1. The van der Waals surface area contributed by atoms with E-state index in [4.69, 9.17) is 11.6 Å². The minimum Gasteiger partial charge on any atom is -0.349 e. The van der Waals surface area contributed by atoms with Crippen LogP contribution in [0.5, 0.6) is 0 Å². The highest BCUT2D eigenvalue weighted by atomic mass is 35.5. The Kier molecular flexibility index (Phi) is 3.53. The summed E-state index contributed by atoms with van der Waals surface area (Å²) in [5.41, 5.74) is 1.10. The molecular formula is C16H20ClNO. The largest absolute Gasteiger partial charge is 0.349 e. The van der Waals surface area contributed by atoms with Crippen LogP contribution in [0.3, 0.4) is 0 Å². The summed E-state index contributed by atoms with van der Waals surface area (Å²) < 4.78 is 0. The molecule has 2 fully saturated rings. The Morgan fingerprint density at radius 2 is 2.11 bits per heavy atom. The zero-order valence-corrected chi connectivity index (χ0v) is 12.0. The highest BCUT2D eigenvalue weighted by molar-refractivity contribution is 6.30. The second-order valence-corrected chi connectivity index (χ2v) is 6.39. The molecule has 3 unspecified atom stereocenters. The minimum atomic E-state index is 0.0862. The Morgan fingerprint density at radius 3 is 2.74 bits per heavy atom. The lowest BCUT2D eigenvalue weighted by molar-refractivity contribution is -0.125. The molecule has 3 atom stereocenters. The van der Waals surface area contributed by atoms with Crippen molar-refractivity contribution in [3.63, 3.8) is 0 Å². The maximum absolute atomic E-state index is 12.3. The fourth-order valence-corrected chi connectivity index (χ4v) is 3.56. The van der Waals surface area contributed by atoms with Crippen LogP contribution in [0.1, 0.15) is 44.2 Å². The quantitative estimate of drug-likeness (QED) is 0.887. The third-order valence-electron chi connectivity index (χ3n) is 4.59. The van der Waals surface area contributed by atoms with Gasteiger partial charge in [0.1, 0.15) is 0 Å². The average molecular weight is 278 g/mol. The van der Waals surface area contributed by atoms with E-state index in [1.807, 2.05) is 24.3 Å². The van der Waals surface area contributed by atoms with Crippen molar-refractivity contribution in [2.24, 2.45) is 17.8 Å². The molecule has 2 aliphatic carbocycles. The van der Waals surface area contributed by atoms with Gasteiger partial charge in [0.25, 0.3) is 0 Å². The van der Waals surface area contributed by atoms with Gasteiger partial charge in [0.05, 0.1) is 6.04 Å². The maximum Gasteiger partial charge on any atom is 0.223 e. The molecule has 2 aliphatic rings. The number of amides is 1. The van der Waals surface area contributed by atoms with Crippen LogP contribution in [0, 0.1) is 17.8 Å². The summed E-state index contributed by atoms with van der Waals surface area (Å²) in [6.07, 6.45) is 4.45. The molecule has 0 saturated heterocycles. The summed E-state index contributed by atoms with van der Waals surface area (Å²) >= 11 is 6.02. The number of carbonyl (C=O) groups is 1. The maximum atomic E-state index is 12.3. The van der Waals surface area contributed by atoms with E-state index in [1.54, 1.807) is 0 Å². The van der Waals surface area contributed by atoms with Gasteiger partial charge in [-0.25, -0.2) is 0 Å². The van der Waals surface area contributed by atoms with E-state index >= 15 is 0 Å². The molecule has 1 N–H and O–H groups in total. The molecular weight excluding hydrogens is 258 g/mol. The highest BCUT2D eigenvalue weighted by Crippen LogP contribution is 2.54. The minimum absolute atomic E-state index is 0.0862. The summed E-state index contributed by atoms with van der Waals surface area (Å²) in [7, 11) is 0. The van der Waals surface area contributed by atoms with Crippen molar-refractivity contribution in [2.75, 3.05) is 0 Å². The zero-order valence-electron chi connectivity index (χ0n) is 11.2. The summed E-state index contributed by atoms with van der Waals surface area (Å²) in [4.78, 5) is 12.3. The van der Waals surface area contributed by atoms with Gasteiger partial charge in [0.2, 0.25) is 5.91 Å². The van der Waals surface area contributed by atoms with E-state index in [-0.39, 0.29) is 17.9 Å². The molecule has 1 aromatic carbocycles. The van der Waals surface area contributed by atoms with Gasteiger partial charge >= 0.3 is 0 Å². The highest BCUT2D eigenvalue weighted by Gasteiger charge is 2.48. The number of halogens is 1. The van der Waals surface area contributed by atoms with E-state index in [1.165, 1.54) is 6.42 Å². The Bertz CT molecular complexity index is 477. The second kappa shape index (κ2) is 5.16. The van der Waals surface area contributed by atoms with Crippen LogP contribution in [0.15, 0.2) is 24.3 Å². The van der Waals surface area contributed by atoms with Crippen molar-refractivity contribution in [3.8, 4) is 0 Å². The van der Waals surface area contributed by atoms with Crippen molar-refractivity contribution in [1.82, 2.24) is 5.32 Å². The lowest BCUT2D eigenvalue weighted by Gasteiger charge is -2.20. The van der Waals surface area contributed by atoms with Crippen LogP contribution in [-0.4, -0.2) is 5.91 Å². The van der Waals surface area contributed by atoms with Crippen LogP contribution in [0.25, 0.3) is 0 Å². The molecule has 3 heteroatoms. The summed E-state index contributed by atoms with van der Waals surface area (Å²) in [5, 5.41) is 3.92. The molecule has 102 valence electrons. The van der Waals surface area contributed by atoms with Gasteiger partial charge in [-0.05, 0) is 55.2 Å². The van der Waals surface area contributed by atoms with Gasteiger partial charge in [0.15, 0.2) is 0 Å². The number of nitrogens with one attached hydrogen (secondary N) is 1. The van der Waals surface area contributed by atoms with Crippen molar-refractivity contribution >= 4 is 17.5 Å². The molecule has 1 aromatic rings. The van der Waals surface area contributed by atoms with Crippen molar-refractivity contribution in [2.45, 2.75) is 38.6 Å². The number of hydrogen-bond acceptors (Lipinski definition) is 1. The Hall–Kier alpha value is -1.02. The van der Waals surface area contributed by atoms with Gasteiger partial charge in [-0.3, -0.25) is 4.79 Å². The third-order valence-corrected chi connectivity index (χ3v) is 4.83. The predicted molar refractivity (Wildman–Crippen MR) is 76.9 cm³/mol. The van der Waals surface area contributed by atoms with Crippen LogP contribution < -0.4 is 5.32 Å². The smallest absolute Gasteiger partial charge is 0.223 e. The monoisotopic (exact) mass is 277 g/mol. The van der Waals surface area contributed by atoms with Crippen LogP contribution >= 0.6 is 11.6 Å². The lowest BCUT2D eigenvalue weighted by Crippen LogP contribution is -2.33. The van der Waals surface area contributed by atoms with Gasteiger partial charge < -0.3 is 5.32 Å². The standard InChI is InChI=1S/C16H20ClNO/c1-2-15(10-4-3-5-14(17)9-10)18-16(19)13-7-11-6-12(11)8-13/h3-5,9,11-13,15H,2,6-8H2,1H3,(H,18,19). The summed E-state index contributed by atoms with van der Waals surface area (Å²) in [6.45, 7) is 2.10. The third kappa shape index (κ3) is 2.79. The van der Waals surface area contributed by atoms with E-state index in [0.717, 1.165) is 41.7 Å². The van der Waals surface area contributed by atoms with Crippen LogP contribution in [-0.2, 0) is 4.79 Å². The Morgan fingerprint density at radius 1 is 1.37 bits per heavy atom. The van der Waals surface area contributed by atoms with E-state index in [0.29, 0.717) is 0 Å². The summed E-state index contributed by atoms with van der Waals surface area (Å²) in [5.74, 6) is 2.18. The van der Waals surface area contributed by atoms with Gasteiger partial charge in [0, 0.05) is 10.9 Å². The fraction of sp³-hybridized carbons (Fsp3) is 0.562. The molecule has 0 heterocycles. The number of carbonyl (C=O) groups excluding carboxylic acids is 1. The molecule has 2 saturated carbocycles. The number of benzene rings is 1. The van der Waals surface area contributed by atoms with E-state index in [2.05, 4.69) is 12.2 Å². The van der Waals surface area contributed by atoms with Crippen LogP contribution in [0.4, 0.5) is 0 Å². The SMILES string of the molecule is CCC(NC(=O)C1CC2CC2C1)c1cccc(Cl)c1. The second-order valence-electron chi connectivity index (χ2n) is 5.95. The van der Waals surface area contributed by atoms with E-state index < -0.39 is 0 Å². The summed E-state index contributed by atoms with van der Waals surface area (Å²) in [6, 6.07) is 7.87.